The van der Waals surface area contributed by atoms with E-state index in [-0.39, 0.29) is 5.56 Å². The van der Waals surface area contributed by atoms with Crippen LogP contribution in [0.4, 0.5) is 5.95 Å². The van der Waals surface area contributed by atoms with Crippen LogP contribution >= 0.6 is 0 Å². The SMILES string of the molecule is COc1ccc(CCc2nc(N3CCCC[C@H]3CCc3ccccc3)ncc2C(=O)O)cc1. The van der Waals surface area contributed by atoms with Gasteiger partial charge in [-0.1, -0.05) is 42.5 Å². The van der Waals surface area contributed by atoms with E-state index in [1.807, 2.05) is 30.3 Å². The fourth-order valence-corrected chi connectivity index (χ4v) is 4.51. The van der Waals surface area contributed by atoms with Gasteiger partial charge in [-0.15, -0.1) is 0 Å². The number of rotatable bonds is 9. The Hall–Kier alpha value is -3.41. The largest absolute Gasteiger partial charge is 0.497 e. The van der Waals surface area contributed by atoms with Crippen molar-refractivity contribution in [3.8, 4) is 5.75 Å². The molecule has 0 saturated carbocycles. The summed E-state index contributed by atoms with van der Waals surface area (Å²) in [4.78, 5) is 23.4. The number of carboxylic acid groups (broad SMARTS) is 1. The molecule has 0 bridgehead atoms. The first-order valence-electron chi connectivity index (χ1n) is 11.7. The minimum Gasteiger partial charge on any atom is -0.497 e. The molecular formula is C27H31N3O3. The third-order valence-corrected chi connectivity index (χ3v) is 6.39. The molecule has 1 aliphatic heterocycles. The molecule has 1 N–H and O–H groups in total. The van der Waals surface area contributed by atoms with Gasteiger partial charge in [0.05, 0.1) is 18.4 Å². The normalized spacial score (nSPS) is 15.9. The van der Waals surface area contributed by atoms with E-state index in [1.165, 1.54) is 18.2 Å². The number of ether oxygens (including phenoxy) is 1. The molecule has 1 saturated heterocycles. The number of nitrogens with zero attached hydrogens (tertiary/aromatic N) is 3. The number of aromatic carboxylic acids is 1. The lowest BCUT2D eigenvalue weighted by atomic mass is 9.96. The van der Waals surface area contributed by atoms with E-state index >= 15 is 0 Å². The summed E-state index contributed by atoms with van der Waals surface area (Å²) in [5.41, 5.74) is 3.23. The smallest absolute Gasteiger partial charge is 0.339 e. The second kappa shape index (κ2) is 10.9. The summed E-state index contributed by atoms with van der Waals surface area (Å²) < 4.78 is 5.22. The molecular weight excluding hydrogens is 414 g/mol. The van der Waals surface area contributed by atoms with E-state index in [0.29, 0.717) is 30.5 Å². The Labute approximate surface area is 195 Å². The Morgan fingerprint density at radius 3 is 2.52 bits per heavy atom. The van der Waals surface area contributed by atoms with Gasteiger partial charge in [0.15, 0.2) is 0 Å². The summed E-state index contributed by atoms with van der Waals surface area (Å²) in [6, 6.07) is 18.8. The molecule has 33 heavy (non-hydrogen) atoms. The molecule has 0 unspecified atom stereocenters. The lowest BCUT2D eigenvalue weighted by Gasteiger charge is -2.36. The topological polar surface area (TPSA) is 75.5 Å². The molecule has 0 radical (unpaired) electrons. The van der Waals surface area contributed by atoms with E-state index in [2.05, 4.69) is 34.1 Å². The van der Waals surface area contributed by atoms with Crippen LogP contribution in [-0.2, 0) is 19.3 Å². The maximum Gasteiger partial charge on any atom is 0.339 e. The van der Waals surface area contributed by atoms with Gasteiger partial charge in [-0.3, -0.25) is 0 Å². The van der Waals surface area contributed by atoms with Crippen molar-refractivity contribution in [2.75, 3.05) is 18.6 Å². The van der Waals surface area contributed by atoms with Crippen LogP contribution in [0.15, 0.2) is 60.8 Å². The predicted octanol–water partition coefficient (Wildman–Crippen LogP) is 4.96. The maximum atomic E-state index is 11.8. The average molecular weight is 446 g/mol. The number of aromatic nitrogens is 2. The van der Waals surface area contributed by atoms with Crippen molar-refractivity contribution >= 4 is 11.9 Å². The molecule has 6 nitrogen and oxygen atoms in total. The van der Waals surface area contributed by atoms with Gasteiger partial charge in [0.1, 0.15) is 5.75 Å². The molecule has 1 aromatic heterocycles. The van der Waals surface area contributed by atoms with Crippen LogP contribution in [0.25, 0.3) is 0 Å². The number of benzene rings is 2. The zero-order valence-corrected chi connectivity index (χ0v) is 19.1. The Balaban J connectivity index is 1.51. The van der Waals surface area contributed by atoms with Gasteiger partial charge >= 0.3 is 5.97 Å². The Morgan fingerprint density at radius 2 is 1.79 bits per heavy atom. The lowest BCUT2D eigenvalue weighted by Crippen LogP contribution is -2.41. The highest BCUT2D eigenvalue weighted by atomic mass is 16.5. The monoisotopic (exact) mass is 445 g/mol. The maximum absolute atomic E-state index is 11.8. The second-order valence-electron chi connectivity index (χ2n) is 8.55. The summed E-state index contributed by atoms with van der Waals surface area (Å²) in [5.74, 6) is 0.481. The lowest BCUT2D eigenvalue weighted by molar-refractivity contribution is 0.0694. The Morgan fingerprint density at radius 1 is 1.03 bits per heavy atom. The molecule has 0 aliphatic carbocycles. The van der Waals surface area contributed by atoms with Crippen molar-refractivity contribution in [1.29, 1.82) is 0 Å². The highest BCUT2D eigenvalue weighted by Crippen LogP contribution is 2.26. The summed E-state index contributed by atoms with van der Waals surface area (Å²) >= 11 is 0. The molecule has 1 atom stereocenters. The Kier molecular flexibility index (Phi) is 7.55. The third kappa shape index (κ3) is 5.89. The van der Waals surface area contributed by atoms with Gasteiger partial charge < -0.3 is 14.7 Å². The first-order valence-corrected chi connectivity index (χ1v) is 11.7. The van der Waals surface area contributed by atoms with Gasteiger partial charge in [-0.05, 0) is 68.2 Å². The number of piperidine rings is 1. The fraction of sp³-hybridized carbons (Fsp3) is 0.370. The van der Waals surface area contributed by atoms with Crippen molar-refractivity contribution in [2.24, 2.45) is 0 Å². The van der Waals surface area contributed by atoms with Gasteiger partial charge in [0, 0.05) is 18.8 Å². The predicted molar refractivity (Wildman–Crippen MR) is 129 cm³/mol. The van der Waals surface area contributed by atoms with Gasteiger partial charge in [0.2, 0.25) is 5.95 Å². The van der Waals surface area contributed by atoms with Gasteiger partial charge in [-0.25, -0.2) is 14.8 Å². The molecule has 0 spiro atoms. The zero-order valence-electron chi connectivity index (χ0n) is 19.1. The van der Waals surface area contributed by atoms with Crippen LogP contribution in [0.1, 0.15) is 52.9 Å². The summed E-state index contributed by atoms with van der Waals surface area (Å²) in [6.45, 7) is 0.907. The van der Waals surface area contributed by atoms with Crippen LogP contribution in [0.5, 0.6) is 5.75 Å². The first-order chi connectivity index (χ1) is 16.1. The van der Waals surface area contributed by atoms with E-state index in [0.717, 1.165) is 43.5 Å². The number of carboxylic acids is 1. The minimum atomic E-state index is -0.981. The summed E-state index contributed by atoms with van der Waals surface area (Å²) in [7, 11) is 1.64. The van der Waals surface area contributed by atoms with Crippen LogP contribution in [0, 0.1) is 0 Å². The van der Waals surface area contributed by atoms with Gasteiger partial charge in [0.25, 0.3) is 0 Å². The standard InChI is InChI=1S/C27H31N3O3/c1-33-23-15-11-21(12-16-23)13-17-25-24(26(31)32)19-28-27(29-25)30-18-6-5-9-22(30)14-10-20-7-3-2-4-8-20/h2-4,7-8,11-12,15-16,19,22H,5-6,9-10,13-14,17-18H2,1H3,(H,31,32)/t22-/m0/s1. The third-order valence-electron chi connectivity index (χ3n) is 6.39. The van der Waals surface area contributed by atoms with E-state index in [9.17, 15) is 9.90 Å². The average Bonchev–Trinajstić information content (AvgIpc) is 2.87. The van der Waals surface area contributed by atoms with E-state index in [4.69, 9.17) is 9.72 Å². The van der Waals surface area contributed by atoms with E-state index in [1.54, 1.807) is 7.11 Å². The first kappa shape index (κ1) is 22.8. The number of aryl methyl sites for hydroxylation is 3. The summed E-state index contributed by atoms with van der Waals surface area (Å²) in [5, 5.41) is 9.68. The van der Waals surface area contributed by atoms with Crippen LogP contribution in [0.2, 0.25) is 0 Å². The number of hydrogen-bond donors (Lipinski definition) is 1. The molecule has 6 heteroatoms. The number of anilines is 1. The summed E-state index contributed by atoms with van der Waals surface area (Å²) in [6.07, 6.45) is 8.20. The molecule has 3 aromatic rings. The minimum absolute atomic E-state index is 0.185. The van der Waals surface area contributed by atoms with E-state index < -0.39 is 5.97 Å². The van der Waals surface area contributed by atoms with Gasteiger partial charge in [-0.2, -0.15) is 0 Å². The van der Waals surface area contributed by atoms with Crippen LogP contribution in [-0.4, -0.2) is 40.7 Å². The molecule has 1 fully saturated rings. The zero-order chi connectivity index (χ0) is 23.0. The quantitative estimate of drug-likeness (QED) is 0.502. The number of methoxy groups -OCH3 is 1. The highest BCUT2D eigenvalue weighted by molar-refractivity contribution is 5.88. The Bertz CT molecular complexity index is 1050. The van der Waals surface area contributed by atoms with Crippen LogP contribution < -0.4 is 9.64 Å². The number of carbonyl (C=O) groups is 1. The number of hydrogen-bond acceptors (Lipinski definition) is 5. The van der Waals surface area contributed by atoms with Crippen molar-refractivity contribution in [3.63, 3.8) is 0 Å². The molecule has 2 heterocycles. The van der Waals surface area contributed by atoms with Crippen LogP contribution in [0.3, 0.4) is 0 Å². The molecule has 172 valence electrons. The second-order valence-corrected chi connectivity index (χ2v) is 8.55. The molecule has 0 amide bonds. The van der Waals surface area contributed by atoms with Crippen molar-refractivity contribution in [1.82, 2.24) is 9.97 Å². The van der Waals surface area contributed by atoms with Crippen molar-refractivity contribution in [2.45, 2.75) is 51.0 Å². The van der Waals surface area contributed by atoms with Crippen molar-refractivity contribution < 1.29 is 14.6 Å². The highest BCUT2D eigenvalue weighted by Gasteiger charge is 2.26. The van der Waals surface area contributed by atoms with Crippen molar-refractivity contribution in [3.05, 3.63) is 83.2 Å². The molecule has 2 aromatic carbocycles. The molecule has 4 rings (SSSR count). The fourth-order valence-electron chi connectivity index (χ4n) is 4.51. The molecule has 1 aliphatic rings.